The number of sulfonamides is 1. The molecule has 3 nitrogen and oxygen atoms in total. The van der Waals surface area contributed by atoms with Crippen molar-refractivity contribution in [3.05, 3.63) is 64.4 Å². The lowest BCUT2D eigenvalue weighted by Gasteiger charge is -2.00. The molecule has 0 heterocycles. The molecule has 6 heteroatoms. The fourth-order valence-corrected chi connectivity index (χ4v) is 2.53. The molecule has 0 radical (unpaired) electrons. The van der Waals surface area contributed by atoms with Crippen molar-refractivity contribution in [1.82, 2.24) is 0 Å². The maximum atomic E-state index is 13.1. The van der Waals surface area contributed by atoms with Gasteiger partial charge in [0.25, 0.3) is 10.0 Å². The van der Waals surface area contributed by atoms with E-state index in [4.69, 9.17) is 11.6 Å². The maximum Gasteiger partial charge on any atom is 0.282 e. The Hall–Kier alpha value is -1.72. The standard InChI is InChI=1S/C14H11ClFNO2S/c1-10-2-5-13(6-3-10)20(18,19)17-9-11-8-12(16)4-7-14(11)15/h2-9H,1H3. The van der Waals surface area contributed by atoms with Gasteiger partial charge in [-0.25, -0.2) is 4.39 Å². The van der Waals surface area contributed by atoms with E-state index in [9.17, 15) is 12.8 Å². The molecule has 0 spiro atoms. The third-order valence-corrected chi connectivity index (χ3v) is 4.20. The highest BCUT2D eigenvalue weighted by Crippen LogP contribution is 2.17. The predicted molar refractivity (Wildman–Crippen MR) is 77.4 cm³/mol. The van der Waals surface area contributed by atoms with Crippen LogP contribution in [0.3, 0.4) is 0 Å². The second kappa shape index (κ2) is 5.73. The fourth-order valence-electron chi connectivity index (χ4n) is 1.51. The Kier molecular flexibility index (Phi) is 4.20. The fraction of sp³-hybridized carbons (Fsp3) is 0.0714. The first-order valence-electron chi connectivity index (χ1n) is 5.70. The summed E-state index contributed by atoms with van der Waals surface area (Å²) in [5.41, 5.74) is 1.16. The normalized spacial score (nSPS) is 11.9. The summed E-state index contributed by atoms with van der Waals surface area (Å²) in [6.45, 7) is 1.85. The molecular weight excluding hydrogens is 301 g/mol. The number of benzene rings is 2. The van der Waals surface area contributed by atoms with Gasteiger partial charge in [-0.3, -0.25) is 0 Å². The molecule has 0 amide bonds. The van der Waals surface area contributed by atoms with E-state index >= 15 is 0 Å². The van der Waals surface area contributed by atoms with Crippen LogP contribution >= 0.6 is 11.6 Å². The minimum atomic E-state index is -3.82. The highest BCUT2D eigenvalue weighted by molar-refractivity contribution is 7.90. The van der Waals surface area contributed by atoms with Crippen LogP contribution in [0.4, 0.5) is 4.39 Å². The molecule has 2 aromatic rings. The Morgan fingerprint density at radius 3 is 2.45 bits per heavy atom. The van der Waals surface area contributed by atoms with E-state index < -0.39 is 15.8 Å². The van der Waals surface area contributed by atoms with Gasteiger partial charge in [-0.05, 0) is 37.3 Å². The second-order valence-corrected chi connectivity index (χ2v) is 6.23. The molecule has 104 valence electrons. The van der Waals surface area contributed by atoms with Crippen molar-refractivity contribution in [2.24, 2.45) is 4.40 Å². The zero-order valence-corrected chi connectivity index (χ0v) is 12.1. The lowest BCUT2D eigenvalue weighted by molar-refractivity contribution is 0.598. The van der Waals surface area contributed by atoms with E-state index in [1.165, 1.54) is 24.3 Å². The average Bonchev–Trinajstić information content (AvgIpc) is 2.40. The Morgan fingerprint density at radius 2 is 1.80 bits per heavy atom. The SMILES string of the molecule is Cc1ccc(S(=O)(=O)N=Cc2cc(F)ccc2Cl)cc1. The lowest BCUT2D eigenvalue weighted by atomic mass is 10.2. The van der Waals surface area contributed by atoms with Crippen LogP contribution in [0.2, 0.25) is 5.02 Å². The van der Waals surface area contributed by atoms with Gasteiger partial charge in [0.15, 0.2) is 0 Å². The largest absolute Gasteiger partial charge is 0.282 e. The summed E-state index contributed by atoms with van der Waals surface area (Å²) < 4.78 is 40.5. The molecule has 0 saturated carbocycles. The zero-order valence-electron chi connectivity index (χ0n) is 10.5. The lowest BCUT2D eigenvalue weighted by Crippen LogP contribution is -1.98. The maximum absolute atomic E-state index is 13.1. The molecular formula is C14H11ClFNO2S. The van der Waals surface area contributed by atoms with Crippen LogP contribution in [0.1, 0.15) is 11.1 Å². The van der Waals surface area contributed by atoms with Gasteiger partial charge in [0.2, 0.25) is 0 Å². The number of hydrogen-bond donors (Lipinski definition) is 0. The number of halogens is 2. The molecule has 0 bridgehead atoms. The van der Waals surface area contributed by atoms with E-state index in [0.717, 1.165) is 17.8 Å². The minimum Gasteiger partial charge on any atom is -0.207 e. The topological polar surface area (TPSA) is 46.5 Å². The van der Waals surface area contributed by atoms with Crippen molar-refractivity contribution in [2.75, 3.05) is 0 Å². The van der Waals surface area contributed by atoms with Crippen LogP contribution in [0.25, 0.3) is 0 Å². The number of aryl methyl sites for hydroxylation is 1. The van der Waals surface area contributed by atoms with Crippen molar-refractivity contribution in [1.29, 1.82) is 0 Å². The Labute approximate surface area is 121 Å². The first kappa shape index (κ1) is 14.7. The van der Waals surface area contributed by atoms with Crippen LogP contribution in [-0.2, 0) is 10.0 Å². The van der Waals surface area contributed by atoms with E-state index in [1.54, 1.807) is 12.1 Å². The third-order valence-electron chi connectivity index (χ3n) is 2.61. The van der Waals surface area contributed by atoms with Gasteiger partial charge in [-0.1, -0.05) is 29.3 Å². The van der Waals surface area contributed by atoms with Crippen molar-refractivity contribution in [3.8, 4) is 0 Å². The molecule has 0 aromatic heterocycles. The summed E-state index contributed by atoms with van der Waals surface area (Å²) in [5, 5.41) is 0.231. The van der Waals surface area contributed by atoms with Crippen molar-refractivity contribution in [2.45, 2.75) is 11.8 Å². The Morgan fingerprint density at radius 1 is 1.15 bits per heavy atom. The zero-order chi connectivity index (χ0) is 14.8. The number of nitrogens with zero attached hydrogens (tertiary/aromatic N) is 1. The summed E-state index contributed by atoms with van der Waals surface area (Å²) in [6.07, 6.45) is 1.04. The van der Waals surface area contributed by atoms with Gasteiger partial charge in [0.1, 0.15) is 5.82 Å². The van der Waals surface area contributed by atoms with Gasteiger partial charge >= 0.3 is 0 Å². The highest BCUT2D eigenvalue weighted by atomic mass is 35.5. The molecule has 2 rings (SSSR count). The molecule has 0 saturated heterocycles. The Bertz CT molecular complexity index is 755. The van der Waals surface area contributed by atoms with E-state index in [2.05, 4.69) is 4.40 Å². The molecule has 20 heavy (non-hydrogen) atoms. The van der Waals surface area contributed by atoms with E-state index in [0.29, 0.717) is 0 Å². The summed E-state index contributed by atoms with van der Waals surface area (Å²) in [7, 11) is -3.82. The first-order chi connectivity index (χ1) is 9.38. The van der Waals surface area contributed by atoms with E-state index in [1.807, 2.05) is 6.92 Å². The Balaban J connectivity index is 2.34. The van der Waals surface area contributed by atoms with Crippen LogP contribution in [0, 0.1) is 12.7 Å². The van der Waals surface area contributed by atoms with Gasteiger partial charge < -0.3 is 0 Å². The van der Waals surface area contributed by atoms with Gasteiger partial charge in [0.05, 0.1) is 4.90 Å². The molecule has 0 unspecified atom stereocenters. The smallest absolute Gasteiger partial charge is 0.207 e. The summed E-state index contributed by atoms with van der Waals surface area (Å²) in [6, 6.07) is 9.95. The van der Waals surface area contributed by atoms with Crippen molar-refractivity contribution >= 4 is 27.8 Å². The number of rotatable bonds is 3. The molecule has 0 aliphatic rings. The van der Waals surface area contributed by atoms with Crippen LogP contribution in [-0.4, -0.2) is 14.6 Å². The summed E-state index contributed by atoms with van der Waals surface area (Å²) in [4.78, 5) is 0.0758. The van der Waals surface area contributed by atoms with Crippen LogP contribution in [0.15, 0.2) is 51.8 Å². The van der Waals surface area contributed by atoms with Gasteiger partial charge in [-0.2, -0.15) is 12.8 Å². The summed E-state index contributed by atoms with van der Waals surface area (Å²) in [5.74, 6) is -0.511. The highest BCUT2D eigenvalue weighted by Gasteiger charge is 2.11. The first-order valence-corrected chi connectivity index (χ1v) is 7.52. The summed E-state index contributed by atoms with van der Waals surface area (Å²) >= 11 is 5.84. The minimum absolute atomic E-state index is 0.0758. The molecule has 2 aromatic carbocycles. The molecule has 0 aliphatic heterocycles. The predicted octanol–water partition coefficient (Wildman–Crippen LogP) is 3.60. The molecule has 0 aliphatic carbocycles. The third kappa shape index (κ3) is 3.43. The number of hydrogen-bond acceptors (Lipinski definition) is 2. The molecule has 0 atom stereocenters. The van der Waals surface area contributed by atoms with Crippen LogP contribution in [0.5, 0.6) is 0 Å². The van der Waals surface area contributed by atoms with Gasteiger partial charge in [-0.15, -0.1) is 0 Å². The van der Waals surface area contributed by atoms with Gasteiger partial charge in [0, 0.05) is 16.8 Å². The monoisotopic (exact) mass is 311 g/mol. The van der Waals surface area contributed by atoms with Crippen molar-refractivity contribution in [3.63, 3.8) is 0 Å². The van der Waals surface area contributed by atoms with E-state index in [-0.39, 0.29) is 15.5 Å². The molecule has 0 fully saturated rings. The van der Waals surface area contributed by atoms with Crippen molar-refractivity contribution < 1.29 is 12.8 Å². The quantitative estimate of drug-likeness (QED) is 0.813. The second-order valence-electron chi connectivity index (χ2n) is 4.19. The van der Waals surface area contributed by atoms with Crippen LogP contribution < -0.4 is 0 Å². The average molecular weight is 312 g/mol. The molecule has 0 N–H and O–H groups in total.